The average molecular weight is 408 g/mol. The summed E-state index contributed by atoms with van der Waals surface area (Å²) in [6.07, 6.45) is 5.85. The van der Waals surface area contributed by atoms with Crippen LogP contribution < -0.4 is 5.32 Å². The summed E-state index contributed by atoms with van der Waals surface area (Å²) < 4.78 is 5.40. The van der Waals surface area contributed by atoms with Crippen LogP contribution in [-0.4, -0.2) is 72.8 Å². The molecule has 2 atom stereocenters. The highest BCUT2D eigenvalue weighted by atomic mass is 16.5. The van der Waals surface area contributed by atoms with Crippen molar-refractivity contribution in [1.82, 2.24) is 15.1 Å². The Bertz CT molecular complexity index is 657. The highest BCUT2D eigenvalue weighted by molar-refractivity contribution is 5.96. The van der Waals surface area contributed by atoms with E-state index in [1.165, 1.54) is 4.90 Å². The van der Waals surface area contributed by atoms with Crippen LogP contribution >= 0.6 is 0 Å². The Morgan fingerprint density at radius 3 is 2.52 bits per heavy atom. The lowest BCUT2D eigenvalue weighted by atomic mass is 9.99. The zero-order valence-corrected chi connectivity index (χ0v) is 17.8. The predicted molar refractivity (Wildman–Crippen MR) is 108 cm³/mol. The van der Waals surface area contributed by atoms with Crippen LogP contribution in [0.1, 0.15) is 46.5 Å². The number of carbonyl (C=O) groups excluding carboxylic acids is 4. The largest absolute Gasteiger partial charge is 0.464 e. The third-order valence-electron chi connectivity index (χ3n) is 5.56. The normalized spacial score (nSPS) is 20.4. The molecule has 0 aromatic heterocycles. The van der Waals surface area contributed by atoms with Gasteiger partial charge in [-0.25, -0.2) is 4.79 Å². The van der Waals surface area contributed by atoms with Crippen molar-refractivity contribution in [1.29, 1.82) is 0 Å². The fourth-order valence-electron chi connectivity index (χ4n) is 3.56. The smallest absolute Gasteiger partial charge is 0.328 e. The summed E-state index contributed by atoms with van der Waals surface area (Å²) in [6, 6.07) is -0.832. The van der Waals surface area contributed by atoms with Gasteiger partial charge in [-0.15, -0.1) is 0 Å². The molecule has 2 aliphatic rings. The quantitative estimate of drug-likeness (QED) is 0.332. The summed E-state index contributed by atoms with van der Waals surface area (Å²) in [4.78, 5) is 51.3. The molecule has 0 aromatic carbocycles. The van der Waals surface area contributed by atoms with Crippen LogP contribution in [-0.2, 0) is 23.9 Å². The maximum atomic E-state index is 13.0. The number of hydrogen-bond donors (Lipinski definition) is 1. The molecule has 8 nitrogen and oxygen atoms in total. The van der Waals surface area contributed by atoms with E-state index in [0.717, 1.165) is 19.3 Å². The molecule has 1 aliphatic heterocycles. The number of rotatable bonds is 10. The van der Waals surface area contributed by atoms with E-state index in [1.54, 1.807) is 24.9 Å². The second-order valence-electron chi connectivity index (χ2n) is 8.32. The summed E-state index contributed by atoms with van der Waals surface area (Å²) in [6.45, 7) is 6.52. The Labute approximate surface area is 172 Å². The van der Waals surface area contributed by atoms with E-state index in [-0.39, 0.29) is 36.3 Å². The van der Waals surface area contributed by atoms with Gasteiger partial charge in [0, 0.05) is 19.2 Å². The summed E-state index contributed by atoms with van der Waals surface area (Å²) in [7, 11) is 1.65. The topological polar surface area (TPSA) is 96.0 Å². The standard InChI is InChI=1S/C21H33N3O5/c1-14(2)18(23(4)19(26)11-22-13-25)10-15(3)20(27)24-9-5-6-17(24)21(28)29-12-16-7-8-16/h10,13-14,16-18H,5-9,11-12H2,1-4H3,(H,22,25)/b15-10+/t17?,18-/m1/s1. The van der Waals surface area contributed by atoms with Gasteiger partial charge >= 0.3 is 5.97 Å². The molecule has 2 fully saturated rings. The van der Waals surface area contributed by atoms with Crippen molar-refractivity contribution in [3.8, 4) is 0 Å². The molecule has 1 unspecified atom stereocenters. The van der Waals surface area contributed by atoms with Gasteiger partial charge in [-0.2, -0.15) is 0 Å². The number of esters is 1. The lowest BCUT2D eigenvalue weighted by molar-refractivity contribution is -0.152. The molecule has 162 valence electrons. The fraction of sp³-hybridized carbons (Fsp3) is 0.714. The Kier molecular flexibility index (Phi) is 8.22. The minimum absolute atomic E-state index is 0.0702. The summed E-state index contributed by atoms with van der Waals surface area (Å²) in [5, 5.41) is 2.37. The third-order valence-corrected chi connectivity index (χ3v) is 5.56. The molecule has 29 heavy (non-hydrogen) atoms. The van der Waals surface area contributed by atoms with Crippen molar-refractivity contribution in [2.24, 2.45) is 11.8 Å². The molecule has 0 aromatic rings. The number of amides is 3. The minimum atomic E-state index is -0.529. The van der Waals surface area contributed by atoms with Crippen molar-refractivity contribution in [2.75, 3.05) is 26.7 Å². The van der Waals surface area contributed by atoms with Gasteiger partial charge in [0.05, 0.1) is 19.2 Å². The molecule has 1 N–H and O–H groups in total. The first-order chi connectivity index (χ1) is 13.8. The molecule has 0 spiro atoms. The first-order valence-electron chi connectivity index (χ1n) is 10.3. The molecule has 2 rings (SSSR count). The van der Waals surface area contributed by atoms with Crippen LogP contribution in [0.15, 0.2) is 11.6 Å². The average Bonchev–Trinajstić information content (AvgIpc) is 3.40. The Balaban J connectivity index is 2.05. The van der Waals surface area contributed by atoms with E-state index in [4.69, 9.17) is 4.74 Å². The van der Waals surface area contributed by atoms with E-state index in [0.29, 0.717) is 37.5 Å². The zero-order valence-electron chi connectivity index (χ0n) is 17.8. The van der Waals surface area contributed by atoms with Gasteiger partial charge in [0.2, 0.25) is 18.2 Å². The number of ether oxygens (including phenoxy) is 1. The van der Waals surface area contributed by atoms with E-state index in [9.17, 15) is 19.2 Å². The zero-order chi connectivity index (χ0) is 21.6. The lowest BCUT2D eigenvalue weighted by Crippen LogP contribution is -2.45. The second kappa shape index (κ2) is 10.4. The van der Waals surface area contributed by atoms with Crippen LogP contribution in [0.5, 0.6) is 0 Å². The van der Waals surface area contributed by atoms with Crippen molar-refractivity contribution in [3.63, 3.8) is 0 Å². The van der Waals surface area contributed by atoms with Crippen LogP contribution in [0.3, 0.4) is 0 Å². The van der Waals surface area contributed by atoms with E-state index >= 15 is 0 Å². The van der Waals surface area contributed by atoms with E-state index in [2.05, 4.69) is 5.32 Å². The lowest BCUT2D eigenvalue weighted by Gasteiger charge is -2.30. The van der Waals surface area contributed by atoms with Gasteiger partial charge in [0.1, 0.15) is 6.04 Å². The number of hydrogen-bond acceptors (Lipinski definition) is 5. The Morgan fingerprint density at radius 1 is 1.24 bits per heavy atom. The monoisotopic (exact) mass is 407 g/mol. The summed E-state index contributed by atoms with van der Waals surface area (Å²) in [5.41, 5.74) is 0.494. The van der Waals surface area contributed by atoms with Crippen molar-refractivity contribution in [2.45, 2.75) is 58.5 Å². The molecule has 1 heterocycles. The molecule has 0 bridgehead atoms. The van der Waals surface area contributed by atoms with E-state index < -0.39 is 6.04 Å². The fourth-order valence-corrected chi connectivity index (χ4v) is 3.56. The van der Waals surface area contributed by atoms with Crippen molar-refractivity contribution in [3.05, 3.63) is 11.6 Å². The summed E-state index contributed by atoms with van der Waals surface area (Å²) in [5.74, 6) is -0.202. The number of nitrogens with one attached hydrogen (secondary N) is 1. The molecule has 0 radical (unpaired) electrons. The van der Waals surface area contributed by atoms with E-state index in [1.807, 2.05) is 13.8 Å². The Hall–Kier alpha value is -2.38. The predicted octanol–water partition coefficient (Wildman–Crippen LogP) is 1.11. The molecular weight excluding hydrogens is 374 g/mol. The first-order valence-corrected chi connectivity index (χ1v) is 10.3. The van der Waals surface area contributed by atoms with Crippen LogP contribution in [0.4, 0.5) is 0 Å². The minimum Gasteiger partial charge on any atom is -0.464 e. The van der Waals surface area contributed by atoms with Crippen LogP contribution in [0.25, 0.3) is 0 Å². The maximum absolute atomic E-state index is 13.0. The van der Waals surface area contributed by atoms with Gasteiger partial charge in [-0.1, -0.05) is 19.9 Å². The maximum Gasteiger partial charge on any atom is 0.328 e. The molecule has 8 heteroatoms. The summed E-state index contributed by atoms with van der Waals surface area (Å²) >= 11 is 0. The van der Waals surface area contributed by atoms with Gasteiger partial charge < -0.3 is 19.9 Å². The molecule has 1 saturated carbocycles. The number of carbonyl (C=O) groups is 4. The molecular formula is C21H33N3O5. The van der Waals surface area contributed by atoms with Gasteiger partial charge in [0.25, 0.3) is 0 Å². The number of nitrogens with zero attached hydrogens (tertiary/aromatic N) is 2. The molecule has 1 aliphatic carbocycles. The van der Waals surface area contributed by atoms with Crippen LogP contribution in [0.2, 0.25) is 0 Å². The molecule has 3 amide bonds. The first kappa shape index (κ1) is 22.9. The van der Waals surface area contributed by atoms with Crippen LogP contribution in [0, 0.1) is 11.8 Å². The Morgan fingerprint density at radius 2 is 1.93 bits per heavy atom. The number of likely N-dealkylation sites (N-methyl/N-ethyl adjacent to an activating group) is 1. The van der Waals surface area contributed by atoms with Gasteiger partial charge in [0.15, 0.2) is 0 Å². The highest BCUT2D eigenvalue weighted by Gasteiger charge is 2.37. The van der Waals surface area contributed by atoms with Gasteiger partial charge in [-0.05, 0) is 44.4 Å². The molecule has 1 saturated heterocycles. The highest BCUT2D eigenvalue weighted by Crippen LogP contribution is 2.29. The third kappa shape index (κ3) is 6.30. The number of likely N-dealkylation sites (tertiary alicyclic amines) is 1. The van der Waals surface area contributed by atoms with Crippen molar-refractivity contribution >= 4 is 24.2 Å². The van der Waals surface area contributed by atoms with Gasteiger partial charge in [-0.3, -0.25) is 14.4 Å². The van der Waals surface area contributed by atoms with Crippen molar-refractivity contribution < 1.29 is 23.9 Å². The SMILES string of the molecule is C/C(=C\[C@H](C(C)C)N(C)C(=O)CNC=O)C(=O)N1CCCC1C(=O)OCC1CC1. The second-order valence-corrected chi connectivity index (χ2v) is 8.32.